The zero-order valence-corrected chi connectivity index (χ0v) is 17.7. The van der Waals surface area contributed by atoms with Crippen LogP contribution in [0.4, 0.5) is 11.8 Å². The van der Waals surface area contributed by atoms with Crippen molar-refractivity contribution in [2.75, 3.05) is 31.0 Å². The Kier molecular flexibility index (Phi) is 5.90. The molecule has 1 fully saturated rings. The summed E-state index contributed by atoms with van der Waals surface area (Å²) in [6.45, 7) is 7.19. The monoisotopic (exact) mass is 422 g/mol. The van der Waals surface area contributed by atoms with Gasteiger partial charge in [-0.1, -0.05) is 0 Å². The van der Waals surface area contributed by atoms with Crippen molar-refractivity contribution in [3.05, 3.63) is 17.5 Å². The van der Waals surface area contributed by atoms with E-state index in [9.17, 15) is 9.00 Å². The van der Waals surface area contributed by atoms with Gasteiger partial charge in [0.1, 0.15) is 12.3 Å². The van der Waals surface area contributed by atoms with E-state index < -0.39 is 21.5 Å². The van der Waals surface area contributed by atoms with Crippen LogP contribution >= 0.6 is 0 Å². The van der Waals surface area contributed by atoms with Crippen molar-refractivity contribution in [1.29, 1.82) is 0 Å². The number of amides is 1. The molecule has 158 valence electrons. The van der Waals surface area contributed by atoms with Crippen LogP contribution in [0.15, 0.2) is 16.8 Å². The maximum atomic E-state index is 12.4. The van der Waals surface area contributed by atoms with Crippen LogP contribution in [-0.2, 0) is 25.1 Å². The molecule has 0 aliphatic carbocycles. The second-order valence-corrected chi connectivity index (χ2v) is 9.42. The minimum absolute atomic E-state index is 0.00573. The zero-order chi connectivity index (χ0) is 21.3. The average molecular weight is 423 g/mol. The first kappa shape index (κ1) is 21.2. The number of morpholine rings is 1. The number of rotatable bonds is 5. The van der Waals surface area contributed by atoms with Gasteiger partial charge in [-0.05, 0) is 20.8 Å². The Labute approximate surface area is 171 Å². The Balaban J connectivity index is 2.17. The summed E-state index contributed by atoms with van der Waals surface area (Å²) in [5.74, 6) is 0.458. The van der Waals surface area contributed by atoms with Crippen LogP contribution in [-0.4, -0.2) is 64.5 Å². The fraction of sp³-hybridized carbons (Fsp3) is 0.556. The molecule has 1 aromatic heterocycles. The standard InChI is InChI=1S/C18H26N6O4S/c1-10-7-27-8-12-9-28-13-14(18(2,3)29(4)26)22-17(23-16(13)24(10)12)21-6-11(5-19)15(20)25/h5-6,10,12H,7-9,19H2,1-4H3,(H2,20,25)/t10-,12+,29?/m1/s1. The summed E-state index contributed by atoms with van der Waals surface area (Å²) >= 11 is 0. The third-order valence-corrected chi connectivity index (χ3v) is 6.74. The number of aliphatic imine (C=N–C) groups is 1. The van der Waals surface area contributed by atoms with Crippen LogP contribution in [0.3, 0.4) is 0 Å². The number of hydrogen-bond acceptors (Lipinski definition) is 9. The first-order valence-corrected chi connectivity index (χ1v) is 10.7. The van der Waals surface area contributed by atoms with E-state index in [-0.39, 0.29) is 23.6 Å². The van der Waals surface area contributed by atoms with E-state index in [4.69, 9.17) is 20.9 Å². The van der Waals surface area contributed by atoms with Crippen molar-refractivity contribution >= 4 is 34.7 Å². The maximum Gasteiger partial charge on any atom is 0.251 e. The lowest BCUT2D eigenvalue weighted by molar-refractivity contribution is -0.114. The Morgan fingerprint density at radius 3 is 2.69 bits per heavy atom. The second kappa shape index (κ2) is 8.07. The van der Waals surface area contributed by atoms with Crippen molar-refractivity contribution in [3.8, 4) is 5.75 Å². The average Bonchev–Trinajstić information content (AvgIpc) is 2.67. The molecular formula is C18H26N6O4S. The highest BCUT2D eigenvalue weighted by molar-refractivity contribution is 7.85. The number of carbonyl (C=O) groups is 1. The Bertz CT molecular complexity index is 901. The number of aromatic nitrogens is 2. The van der Waals surface area contributed by atoms with Crippen molar-refractivity contribution < 1.29 is 18.5 Å². The molecule has 3 rings (SSSR count). The minimum Gasteiger partial charge on any atom is -0.486 e. The quantitative estimate of drug-likeness (QED) is 0.502. The smallest absolute Gasteiger partial charge is 0.251 e. The van der Waals surface area contributed by atoms with Crippen molar-refractivity contribution in [2.24, 2.45) is 16.5 Å². The predicted molar refractivity (Wildman–Crippen MR) is 111 cm³/mol. The van der Waals surface area contributed by atoms with Crippen LogP contribution in [0, 0.1) is 0 Å². The molecule has 0 saturated carbocycles. The van der Waals surface area contributed by atoms with Crippen LogP contribution in [0.2, 0.25) is 0 Å². The minimum atomic E-state index is -1.24. The van der Waals surface area contributed by atoms with Gasteiger partial charge in [-0.2, -0.15) is 4.98 Å². The van der Waals surface area contributed by atoms with Crippen LogP contribution in [0.1, 0.15) is 26.5 Å². The van der Waals surface area contributed by atoms with E-state index in [0.717, 1.165) is 6.20 Å². The first-order valence-electron chi connectivity index (χ1n) is 9.17. The number of nitrogens with two attached hydrogens (primary N) is 2. The number of primary amides is 1. The predicted octanol–water partition coefficient (Wildman–Crippen LogP) is 0.107. The van der Waals surface area contributed by atoms with E-state index in [1.54, 1.807) is 6.26 Å². The molecule has 3 atom stereocenters. The molecular weight excluding hydrogens is 396 g/mol. The summed E-state index contributed by atoms with van der Waals surface area (Å²) < 4.78 is 23.3. The molecule has 29 heavy (non-hydrogen) atoms. The van der Waals surface area contributed by atoms with E-state index in [1.165, 1.54) is 6.21 Å². The summed E-state index contributed by atoms with van der Waals surface area (Å²) in [4.78, 5) is 26.8. The number of ether oxygens (including phenoxy) is 2. The SMILES string of the molecule is C[C@@H]1COC[C@H]2COc3c(nc(N=CC(=CN)C(N)=O)nc3C(C)(C)S(C)=O)N21. The second-order valence-electron chi connectivity index (χ2n) is 7.49. The molecule has 0 spiro atoms. The molecule has 11 heteroatoms. The van der Waals surface area contributed by atoms with Crippen LogP contribution in [0.25, 0.3) is 0 Å². The highest BCUT2D eigenvalue weighted by Gasteiger charge is 2.41. The molecule has 1 saturated heterocycles. The fourth-order valence-corrected chi connectivity index (χ4v) is 3.65. The molecule has 1 unspecified atom stereocenters. The summed E-state index contributed by atoms with van der Waals surface area (Å²) in [6.07, 6.45) is 3.90. The molecule has 2 aliphatic rings. The summed E-state index contributed by atoms with van der Waals surface area (Å²) in [5, 5.41) is 0. The number of carbonyl (C=O) groups excluding carboxylic acids is 1. The van der Waals surface area contributed by atoms with Gasteiger partial charge in [0.05, 0.1) is 35.6 Å². The summed E-state index contributed by atoms with van der Waals surface area (Å²) in [6, 6.07) is 0.0718. The van der Waals surface area contributed by atoms with Gasteiger partial charge >= 0.3 is 0 Å². The highest BCUT2D eigenvalue weighted by Crippen LogP contribution is 2.43. The number of anilines is 1. The van der Waals surface area contributed by atoms with Gasteiger partial charge in [0, 0.05) is 29.5 Å². The third-order valence-electron chi connectivity index (χ3n) is 5.11. The number of fused-ring (bicyclic) bond motifs is 3. The Morgan fingerprint density at radius 1 is 1.34 bits per heavy atom. The largest absolute Gasteiger partial charge is 0.486 e. The topological polar surface area (TPSA) is 146 Å². The zero-order valence-electron chi connectivity index (χ0n) is 16.9. The van der Waals surface area contributed by atoms with Crippen LogP contribution in [0.5, 0.6) is 5.75 Å². The van der Waals surface area contributed by atoms with E-state index in [1.807, 2.05) is 20.8 Å². The van der Waals surface area contributed by atoms with Gasteiger partial charge in [-0.15, -0.1) is 0 Å². The summed E-state index contributed by atoms with van der Waals surface area (Å²) in [7, 11) is -1.24. The lowest BCUT2D eigenvalue weighted by Gasteiger charge is -2.45. The lowest BCUT2D eigenvalue weighted by atomic mass is 10.0. The molecule has 10 nitrogen and oxygen atoms in total. The van der Waals surface area contributed by atoms with E-state index in [2.05, 4.69) is 19.9 Å². The van der Waals surface area contributed by atoms with Gasteiger partial charge < -0.3 is 25.8 Å². The van der Waals surface area contributed by atoms with Gasteiger partial charge in [-0.3, -0.25) is 9.00 Å². The first-order chi connectivity index (χ1) is 13.7. The van der Waals surface area contributed by atoms with Gasteiger partial charge in [0.25, 0.3) is 11.9 Å². The molecule has 0 bridgehead atoms. The highest BCUT2D eigenvalue weighted by atomic mass is 32.2. The number of nitrogens with zero attached hydrogens (tertiary/aromatic N) is 4. The van der Waals surface area contributed by atoms with Gasteiger partial charge in [0.15, 0.2) is 11.6 Å². The van der Waals surface area contributed by atoms with Crippen molar-refractivity contribution in [1.82, 2.24) is 9.97 Å². The molecule has 0 aromatic carbocycles. The maximum absolute atomic E-state index is 12.4. The van der Waals surface area contributed by atoms with Crippen LogP contribution < -0.4 is 21.1 Å². The molecule has 2 aliphatic heterocycles. The number of hydrogen-bond donors (Lipinski definition) is 2. The Hall–Kier alpha value is -2.53. The van der Waals surface area contributed by atoms with Crippen molar-refractivity contribution in [2.45, 2.75) is 37.6 Å². The molecule has 1 aromatic rings. The lowest BCUT2D eigenvalue weighted by Crippen LogP contribution is -2.56. The molecule has 4 N–H and O–H groups in total. The van der Waals surface area contributed by atoms with E-state index in [0.29, 0.717) is 37.1 Å². The molecule has 3 heterocycles. The van der Waals surface area contributed by atoms with E-state index >= 15 is 0 Å². The van der Waals surface area contributed by atoms with Gasteiger partial charge in [0.2, 0.25) is 0 Å². The normalized spacial score (nSPS) is 23.3. The van der Waals surface area contributed by atoms with Crippen molar-refractivity contribution in [3.63, 3.8) is 0 Å². The summed E-state index contributed by atoms with van der Waals surface area (Å²) in [5.41, 5.74) is 11.2. The molecule has 1 amide bonds. The third kappa shape index (κ3) is 3.97. The Morgan fingerprint density at radius 2 is 2.07 bits per heavy atom. The fourth-order valence-electron chi connectivity index (χ4n) is 3.24. The molecule has 0 radical (unpaired) electrons. The van der Waals surface area contributed by atoms with Gasteiger partial charge in [-0.25, -0.2) is 9.98 Å².